The number of halogens is 2. The Hall–Kier alpha value is -2.02. The van der Waals surface area contributed by atoms with E-state index in [0.29, 0.717) is 22.4 Å². The van der Waals surface area contributed by atoms with E-state index in [2.05, 4.69) is 10.6 Å². The number of carbonyl (C=O) groups is 2. The third-order valence-corrected chi connectivity index (χ3v) is 3.81. The summed E-state index contributed by atoms with van der Waals surface area (Å²) < 4.78 is 5.09. The molecule has 24 heavy (non-hydrogen) atoms. The van der Waals surface area contributed by atoms with Crippen molar-refractivity contribution in [2.24, 2.45) is 0 Å². The molecule has 1 unspecified atom stereocenters. The lowest BCUT2D eigenvalue weighted by atomic mass is 10.2. The molecule has 128 valence electrons. The van der Waals surface area contributed by atoms with Crippen LogP contribution in [0.4, 0.5) is 4.79 Å². The Balaban J connectivity index is 1.75. The predicted octanol–water partition coefficient (Wildman–Crippen LogP) is 1.63. The zero-order valence-electron chi connectivity index (χ0n) is 13.1. The third kappa shape index (κ3) is 5.88. The summed E-state index contributed by atoms with van der Waals surface area (Å²) in [5.41, 5.74) is 0.883. The molecular weight excluding hydrogens is 353 g/mol. The Kier molecular flexibility index (Phi) is 6.66. The van der Waals surface area contributed by atoms with Crippen LogP contribution in [0.15, 0.2) is 41.0 Å². The highest BCUT2D eigenvalue weighted by Gasteiger charge is 2.15. The van der Waals surface area contributed by atoms with E-state index in [1.54, 1.807) is 24.3 Å². The van der Waals surface area contributed by atoms with Crippen molar-refractivity contribution in [1.29, 1.82) is 0 Å². The van der Waals surface area contributed by atoms with Crippen LogP contribution in [0, 0.1) is 0 Å². The zero-order valence-corrected chi connectivity index (χ0v) is 14.6. The topological polar surface area (TPSA) is 75.8 Å². The highest BCUT2D eigenvalue weighted by Crippen LogP contribution is 2.20. The molecule has 2 aromatic rings. The lowest BCUT2D eigenvalue weighted by Gasteiger charge is -2.14. The number of amides is 3. The van der Waals surface area contributed by atoms with Crippen LogP contribution in [-0.4, -0.2) is 25.5 Å². The maximum atomic E-state index is 11.9. The average molecular weight is 371 g/mol. The number of nitrogens with one attached hydrogen (secondary N) is 3. The highest BCUT2D eigenvalue weighted by atomic mass is 35.5. The Labute approximate surface area is 149 Å². The summed E-state index contributed by atoms with van der Waals surface area (Å²) in [7, 11) is 1.84. The van der Waals surface area contributed by atoms with Gasteiger partial charge >= 0.3 is 6.03 Å². The Morgan fingerprint density at radius 3 is 2.71 bits per heavy atom. The summed E-state index contributed by atoms with van der Waals surface area (Å²) in [4.78, 5) is 24.4. The molecule has 0 saturated carbocycles. The minimum absolute atomic E-state index is 0.132. The number of carbonyl (C=O) groups excluding carboxylic acids is 2. The Morgan fingerprint density at radius 2 is 2.04 bits per heavy atom. The first-order chi connectivity index (χ1) is 11.4. The van der Waals surface area contributed by atoms with Gasteiger partial charge in [0.05, 0.1) is 24.9 Å². The maximum Gasteiger partial charge on any atom is 0.321 e. The van der Waals surface area contributed by atoms with Gasteiger partial charge in [0.1, 0.15) is 12.3 Å². The smallest absolute Gasteiger partial charge is 0.321 e. The van der Waals surface area contributed by atoms with E-state index in [9.17, 15) is 9.59 Å². The lowest BCUT2D eigenvalue weighted by Crippen LogP contribution is -3.09. The number of urea groups is 1. The summed E-state index contributed by atoms with van der Waals surface area (Å²) in [5, 5.41) is 5.94. The van der Waals surface area contributed by atoms with Gasteiger partial charge in [-0.15, -0.1) is 0 Å². The van der Waals surface area contributed by atoms with Gasteiger partial charge in [0, 0.05) is 10.6 Å². The summed E-state index contributed by atoms with van der Waals surface area (Å²) in [6, 6.07) is 8.12. The van der Waals surface area contributed by atoms with Crippen molar-refractivity contribution in [1.82, 2.24) is 10.6 Å². The minimum Gasteiger partial charge on any atom is -0.467 e. The fraction of sp³-hybridized carbons (Fsp3) is 0.250. The number of hydrogen-bond donors (Lipinski definition) is 3. The molecule has 3 N–H and O–H groups in total. The first kappa shape index (κ1) is 18.3. The number of hydrogen-bond acceptors (Lipinski definition) is 3. The SMILES string of the molecule is C[NH+](CC(=O)NC(=O)NCc1ccco1)Cc1ccc(Cl)cc1Cl. The molecule has 6 nitrogen and oxygen atoms in total. The van der Waals surface area contributed by atoms with Crippen LogP contribution in [0.3, 0.4) is 0 Å². The molecule has 0 aliphatic rings. The monoisotopic (exact) mass is 370 g/mol. The van der Waals surface area contributed by atoms with Gasteiger partial charge in [0.2, 0.25) is 0 Å². The van der Waals surface area contributed by atoms with Gasteiger partial charge in [-0.05, 0) is 24.3 Å². The first-order valence-electron chi connectivity index (χ1n) is 7.29. The molecule has 0 radical (unpaired) electrons. The summed E-state index contributed by atoms with van der Waals surface area (Å²) in [6.07, 6.45) is 1.51. The molecule has 1 aromatic heterocycles. The van der Waals surface area contributed by atoms with E-state index >= 15 is 0 Å². The van der Waals surface area contributed by atoms with E-state index in [-0.39, 0.29) is 19.0 Å². The van der Waals surface area contributed by atoms with Gasteiger partial charge in [-0.25, -0.2) is 4.79 Å². The number of rotatable bonds is 6. The minimum atomic E-state index is -0.561. The van der Waals surface area contributed by atoms with Crippen LogP contribution >= 0.6 is 23.2 Å². The van der Waals surface area contributed by atoms with Crippen molar-refractivity contribution in [3.8, 4) is 0 Å². The van der Waals surface area contributed by atoms with Gasteiger partial charge < -0.3 is 14.6 Å². The van der Waals surface area contributed by atoms with E-state index in [0.717, 1.165) is 10.5 Å². The molecule has 1 heterocycles. The van der Waals surface area contributed by atoms with Gasteiger partial charge in [0.25, 0.3) is 5.91 Å². The maximum absolute atomic E-state index is 11.9. The van der Waals surface area contributed by atoms with E-state index in [4.69, 9.17) is 27.6 Å². The molecule has 0 saturated heterocycles. The molecule has 1 atom stereocenters. The second-order valence-corrected chi connectivity index (χ2v) is 6.20. The fourth-order valence-corrected chi connectivity index (χ4v) is 2.60. The van der Waals surface area contributed by atoms with Gasteiger partial charge in [-0.1, -0.05) is 29.3 Å². The van der Waals surface area contributed by atoms with E-state index < -0.39 is 6.03 Å². The van der Waals surface area contributed by atoms with Crippen molar-refractivity contribution in [2.45, 2.75) is 13.1 Å². The first-order valence-corrected chi connectivity index (χ1v) is 8.05. The van der Waals surface area contributed by atoms with Crippen LogP contribution in [0.1, 0.15) is 11.3 Å². The number of benzene rings is 1. The Morgan fingerprint density at radius 1 is 1.25 bits per heavy atom. The van der Waals surface area contributed by atoms with Gasteiger partial charge in [-0.2, -0.15) is 0 Å². The molecule has 2 rings (SSSR count). The van der Waals surface area contributed by atoms with Crippen molar-refractivity contribution in [3.05, 3.63) is 58.0 Å². The van der Waals surface area contributed by atoms with Crippen molar-refractivity contribution in [2.75, 3.05) is 13.6 Å². The van der Waals surface area contributed by atoms with Crippen LogP contribution in [0.5, 0.6) is 0 Å². The quantitative estimate of drug-likeness (QED) is 0.723. The van der Waals surface area contributed by atoms with Crippen molar-refractivity contribution < 1.29 is 18.9 Å². The van der Waals surface area contributed by atoms with Crippen LogP contribution in [0.25, 0.3) is 0 Å². The van der Waals surface area contributed by atoms with Crippen molar-refractivity contribution >= 4 is 35.1 Å². The average Bonchev–Trinajstić information content (AvgIpc) is 3.01. The second-order valence-electron chi connectivity index (χ2n) is 5.36. The second kappa shape index (κ2) is 8.73. The third-order valence-electron chi connectivity index (χ3n) is 3.23. The van der Waals surface area contributed by atoms with Crippen LogP contribution < -0.4 is 15.5 Å². The predicted molar refractivity (Wildman–Crippen MR) is 91.0 cm³/mol. The van der Waals surface area contributed by atoms with Gasteiger partial charge in [-0.3, -0.25) is 10.1 Å². The number of quaternary nitrogens is 1. The standard InChI is InChI=1S/C16H17Cl2N3O3/c1-21(9-11-4-5-12(17)7-14(11)18)10-15(22)20-16(23)19-8-13-3-2-6-24-13/h2-7H,8-10H2,1H3,(H2,19,20,22,23)/p+1. The zero-order chi connectivity index (χ0) is 17.5. The molecule has 0 aliphatic carbocycles. The van der Waals surface area contributed by atoms with E-state index in [1.165, 1.54) is 6.26 Å². The molecule has 1 aromatic carbocycles. The fourth-order valence-electron chi connectivity index (χ4n) is 2.12. The number of likely N-dealkylation sites (N-methyl/N-ethyl adjacent to an activating group) is 1. The van der Waals surface area contributed by atoms with Crippen LogP contribution in [0.2, 0.25) is 10.0 Å². The number of imide groups is 1. The lowest BCUT2D eigenvalue weighted by molar-refractivity contribution is -0.885. The summed E-state index contributed by atoms with van der Waals surface area (Å²) >= 11 is 12.0. The Bertz CT molecular complexity index is 705. The molecule has 0 spiro atoms. The molecule has 0 fully saturated rings. The summed E-state index contributed by atoms with van der Waals surface area (Å²) in [5.74, 6) is 0.229. The van der Waals surface area contributed by atoms with Crippen LogP contribution in [-0.2, 0) is 17.9 Å². The molecule has 0 bridgehead atoms. The van der Waals surface area contributed by atoms with Gasteiger partial charge in [0.15, 0.2) is 6.54 Å². The van der Waals surface area contributed by atoms with Crippen molar-refractivity contribution in [3.63, 3.8) is 0 Å². The summed E-state index contributed by atoms with van der Waals surface area (Å²) in [6.45, 7) is 0.889. The van der Waals surface area contributed by atoms with E-state index in [1.807, 2.05) is 13.1 Å². The molecule has 8 heteroatoms. The molecule has 0 aliphatic heterocycles. The molecular formula is C16H18Cl2N3O3+. The highest BCUT2D eigenvalue weighted by molar-refractivity contribution is 6.35. The normalized spacial score (nSPS) is 11.8. The largest absolute Gasteiger partial charge is 0.467 e. The number of furan rings is 1. The molecule has 3 amide bonds.